The average molecular weight is 444 g/mol. The number of Topliss-reactive ketones (excluding diaryl/α,β-unsaturated/α-hetero) is 1. The van der Waals surface area contributed by atoms with Gasteiger partial charge in [0.1, 0.15) is 12.4 Å². The van der Waals surface area contributed by atoms with E-state index in [1.54, 1.807) is 12.1 Å². The van der Waals surface area contributed by atoms with Crippen LogP contribution in [0.25, 0.3) is 0 Å². The number of aromatic carboxylic acids is 1. The van der Waals surface area contributed by atoms with Crippen molar-refractivity contribution in [3.63, 3.8) is 0 Å². The summed E-state index contributed by atoms with van der Waals surface area (Å²) in [6.07, 6.45) is 6.08. The molecule has 0 heterocycles. The predicted octanol–water partition coefficient (Wildman–Crippen LogP) is 5.57. The molecule has 0 spiro atoms. The lowest BCUT2D eigenvalue weighted by molar-refractivity contribution is -0.255. The van der Waals surface area contributed by atoms with E-state index in [0.29, 0.717) is 13.0 Å². The molecule has 3 aromatic carbocycles. The molecule has 4 heteroatoms. The second-order valence-electron chi connectivity index (χ2n) is 8.31. The Kier molecular flexibility index (Phi) is 9.25. The van der Waals surface area contributed by atoms with Crippen LogP contribution in [0.15, 0.2) is 72.8 Å². The molecule has 0 saturated carbocycles. The fourth-order valence-electron chi connectivity index (χ4n) is 3.79. The third-order valence-electron chi connectivity index (χ3n) is 5.73. The average Bonchev–Trinajstić information content (AvgIpc) is 2.84. The van der Waals surface area contributed by atoms with Gasteiger partial charge in [-0.3, -0.25) is 4.79 Å². The summed E-state index contributed by atoms with van der Waals surface area (Å²) in [6.45, 7) is 2.61. The summed E-state index contributed by atoms with van der Waals surface area (Å²) in [5.74, 6) is -0.185. The van der Waals surface area contributed by atoms with Gasteiger partial charge in [0, 0.05) is 12.0 Å². The Morgan fingerprint density at radius 2 is 1.52 bits per heavy atom. The van der Waals surface area contributed by atoms with Crippen LogP contribution in [0.1, 0.15) is 76.4 Å². The number of hydrogen-bond acceptors (Lipinski definition) is 4. The van der Waals surface area contributed by atoms with E-state index < -0.39 is 5.97 Å². The third kappa shape index (κ3) is 7.60. The predicted molar refractivity (Wildman–Crippen MR) is 128 cm³/mol. The molecule has 0 amide bonds. The summed E-state index contributed by atoms with van der Waals surface area (Å²) in [5, 5.41) is 10.9. The van der Waals surface area contributed by atoms with Crippen molar-refractivity contribution in [2.24, 2.45) is 0 Å². The maximum Gasteiger partial charge on any atom is 0.162 e. The van der Waals surface area contributed by atoms with Gasteiger partial charge in [-0.1, -0.05) is 74.4 Å². The Morgan fingerprint density at radius 3 is 2.21 bits per heavy atom. The van der Waals surface area contributed by atoms with Crippen LogP contribution in [0.4, 0.5) is 0 Å². The molecule has 3 rings (SSSR count). The van der Waals surface area contributed by atoms with Crippen molar-refractivity contribution in [3.8, 4) is 5.75 Å². The van der Waals surface area contributed by atoms with E-state index in [-0.39, 0.29) is 11.3 Å². The minimum Gasteiger partial charge on any atom is -0.545 e. The van der Waals surface area contributed by atoms with Gasteiger partial charge in [0.2, 0.25) is 0 Å². The van der Waals surface area contributed by atoms with Crippen LogP contribution in [0.2, 0.25) is 0 Å². The zero-order valence-electron chi connectivity index (χ0n) is 19.2. The minimum atomic E-state index is -1.16. The Morgan fingerprint density at radius 1 is 0.788 bits per heavy atom. The summed E-state index contributed by atoms with van der Waals surface area (Å²) >= 11 is 0. The minimum absolute atomic E-state index is 0.178. The summed E-state index contributed by atoms with van der Waals surface area (Å²) in [7, 11) is 0. The molecule has 33 heavy (non-hydrogen) atoms. The zero-order chi connectivity index (χ0) is 23.5. The SMILES string of the molecule is CCCCCC(=O)c1ccc(OCc2ccccc2)c(CCCc2ccc(C(=O)[O-])cc2)c1. The van der Waals surface area contributed by atoms with Gasteiger partial charge < -0.3 is 14.6 Å². The molecule has 0 aromatic heterocycles. The van der Waals surface area contributed by atoms with E-state index in [0.717, 1.165) is 66.5 Å². The van der Waals surface area contributed by atoms with E-state index in [2.05, 4.69) is 6.92 Å². The molecule has 0 aliphatic carbocycles. The van der Waals surface area contributed by atoms with Crippen LogP contribution < -0.4 is 9.84 Å². The molecule has 4 nitrogen and oxygen atoms in total. The first-order chi connectivity index (χ1) is 16.1. The van der Waals surface area contributed by atoms with Gasteiger partial charge in [0.25, 0.3) is 0 Å². The number of carbonyl (C=O) groups is 2. The monoisotopic (exact) mass is 443 g/mol. The van der Waals surface area contributed by atoms with E-state index in [4.69, 9.17) is 4.74 Å². The van der Waals surface area contributed by atoms with Gasteiger partial charge in [0.15, 0.2) is 5.78 Å². The second-order valence-corrected chi connectivity index (χ2v) is 8.31. The second kappa shape index (κ2) is 12.6. The van der Waals surface area contributed by atoms with Crippen molar-refractivity contribution in [2.75, 3.05) is 0 Å². The van der Waals surface area contributed by atoms with Crippen LogP contribution >= 0.6 is 0 Å². The van der Waals surface area contributed by atoms with Crippen LogP contribution in [-0.4, -0.2) is 11.8 Å². The lowest BCUT2D eigenvalue weighted by Crippen LogP contribution is -2.21. The van der Waals surface area contributed by atoms with Gasteiger partial charge in [0.05, 0.1) is 5.97 Å². The van der Waals surface area contributed by atoms with Gasteiger partial charge >= 0.3 is 0 Å². The van der Waals surface area contributed by atoms with Crippen molar-refractivity contribution in [2.45, 2.75) is 58.5 Å². The van der Waals surface area contributed by atoms with Gasteiger partial charge in [-0.05, 0) is 66.1 Å². The molecule has 0 aliphatic rings. The number of unbranched alkanes of at least 4 members (excludes halogenated alkanes) is 2. The number of aryl methyl sites for hydroxylation is 2. The highest BCUT2D eigenvalue weighted by Crippen LogP contribution is 2.25. The summed E-state index contributed by atoms with van der Waals surface area (Å²) in [5.41, 5.74) is 4.12. The van der Waals surface area contributed by atoms with Crippen LogP contribution in [-0.2, 0) is 19.4 Å². The first-order valence-corrected chi connectivity index (χ1v) is 11.7. The normalized spacial score (nSPS) is 10.7. The van der Waals surface area contributed by atoms with Crippen molar-refractivity contribution in [3.05, 3.63) is 101 Å². The fraction of sp³-hybridized carbons (Fsp3) is 0.310. The number of ether oxygens (including phenoxy) is 1. The highest BCUT2D eigenvalue weighted by molar-refractivity contribution is 5.96. The Balaban J connectivity index is 1.69. The zero-order valence-corrected chi connectivity index (χ0v) is 19.2. The molecule has 3 aromatic rings. The van der Waals surface area contributed by atoms with E-state index in [1.165, 1.54) is 0 Å². The molecule has 0 bridgehead atoms. The molecule has 0 unspecified atom stereocenters. The number of benzene rings is 3. The first-order valence-electron chi connectivity index (χ1n) is 11.7. The fourth-order valence-corrected chi connectivity index (χ4v) is 3.79. The maximum absolute atomic E-state index is 12.7. The molecular formula is C29H31O4-. The number of carboxylic acids is 1. The smallest absolute Gasteiger partial charge is 0.162 e. The van der Waals surface area contributed by atoms with Crippen LogP contribution in [0.5, 0.6) is 5.75 Å². The Hall–Kier alpha value is -3.40. The largest absolute Gasteiger partial charge is 0.545 e. The lowest BCUT2D eigenvalue weighted by atomic mass is 9.98. The molecule has 0 aliphatic heterocycles. The standard InChI is InChI=1S/C29H32O4/c1-2-3-5-13-27(30)25-18-19-28(33-21-23-9-6-4-7-10-23)26(20-25)12-8-11-22-14-16-24(17-15-22)29(31)32/h4,6-7,9-10,14-20H,2-3,5,8,11-13,21H2,1H3,(H,31,32)/p-1. The number of carboxylic acid groups (broad SMARTS) is 1. The van der Waals surface area contributed by atoms with Crippen molar-refractivity contribution >= 4 is 11.8 Å². The summed E-state index contributed by atoms with van der Waals surface area (Å²) < 4.78 is 6.12. The number of ketones is 1. The molecule has 0 fully saturated rings. The Labute approximate surface area is 196 Å². The highest BCUT2D eigenvalue weighted by Gasteiger charge is 2.11. The molecule has 0 radical (unpaired) electrons. The van der Waals surface area contributed by atoms with Crippen LogP contribution in [0, 0.1) is 0 Å². The molecule has 0 saturated heterocycles. The van der Waals surface area contributed by atoms with Crippen molar-refractivity contribution in [1.29, 1.82) is 0 Å². The van der Waals surface area contributed by atoms with Gasteiger partial charge in [-0.15, -0.1) is 0 Å². The maximum atomic E-state index is 12.7. The van der Waals surface area contributed by atoms with E-state index >= 15 is 0 Å². The van der Waals surface area contributed by atoms with Crippen molar-refractivity contribution < 1.29 is 19.4 Å². The summed E-state index contributed by atoms with van der Waals surface area (Å²) in [6, 6.07) is 22.6. The Bertz CT molecular complexity index is 1040. The number of carbonyl (C=O) groups excluding carboxylic acids is 2. The topological polar surface area (TPSA) is 66.4 Å². The van der Waals surface area contributed by atoms with Gasteiger partial charge in [-0.2, -0.15) is 0 Å². The quantitative estimate of drug-likeness (QED) is 0.256. The summed E-state index contributed by atoms with van der Waals surface area (Å²) in [4.78, 5) is 23.6. The molecule has 0 N–H and O–H groups in total. The first kappa shape index (κ1) is 24.2. The number of rotatable bonds is 13. The highest BCUT2D eigenvalue weighted by atomic mass is 16.5. The van der Waals surface area contributed by atoms with Gasteiger partial charge in [-0.25, -0.2) is 0 Å². The van der Waals surface area contributed by atoms with E-state index in [9.17, 15) is 14.7 Å². The van der Waals surface area contributed by atoms with Crippen molar-refractivity contribution in [1.82, 2.24) is 0 Å². The van der Waals surface area contributed by atoms with Crippen LogP contribution in [0.3, 0.4) is 0 Å². The third-order valence-corrected chi connectivity index (χ3v) is 5.73. The molecule has 172 valence electrons. The lowest BCUT2D eigenvalue weighted by Gasteiger charge is -2.14. The molecular weight excluding hydrogens is 412 g/mol. The molecule has 0 atom stereocenters. The van der Waals surface area contributed by atoms with E-state index in [1.807, 2.05) is 60.7 Å². The number of hydrogen-bond donors (Lipinski definition) is 0.